The maximum absolute atomic E-state index is 9.05. The standard InChI is InChI=1S/C12H18O/c1-11(13)7-5-6-10-12-8-3-2-4-9-12/h2-4,8-9,11,13H,5-7,10H2,1H3. The van der Waals surface area contributed by atoms with Crippen LogP contribution in [0.3, 0.4) is 0 Å². The van der Waals surface area contributed by atoms with Gasteiger partial charge in [-0.25, -0.2) is 0 Å². The van der Waals surface area contributed by atoms with Gasteiger partial charge in [0.25, 0.3) is 0 Å². The monoisotopic (exact) mass is 178 g/mol. The Kier molecular flexibility index (Phi) is 4.55. The van der Waals surface area contributed by atoms with E-state index in [1.165, 1.54) is 12.0 Å². The molecule has 0 radical (unpaired) electrons. The van der Waals surface area contributed by atoms with Crippen LogP contribution in [-0.2, 0) is 6.42 Å². The predicted octanol–water partition coefficient (Wildman–Crippen LogP) is 2.78. The van der Waals surface area contributed by atoms with E-state index in [4.69, 9.17) is 5.11 Å². The summed E-state index contributed by atoms with van der Waals surface area (Å²) in [6, 6.07) is 10.5. The average Bonchev–Trinajstić information content (AvgIpc) is 2.14. The van der Waals surface area contributed by atoms with Crippen LogP contribution in [-0.4, -0.2) is 11.2 Å². The molecule has 72 valence electrons. The minimum Gasteiger partial charge on any atom is -0.393 e. The van der Waals surface area contributed by atoms with Crippen molar-refractivity contribution in [3.8, 4) is 0 Å². The first-order valence-electron chi connectivity index (χ1n) is 5.01. The van der Waals surface area contributed by atoms with E-state index in [1.54, 1.807) is 0 Å². The van der Waals surface area contributed by atoms with Gasteiger partial charge in [0.15, 0.2) is 0 Å². The largest absolute Gasteiger partial charge is 0.393 e. The van der Waals surface area contributed by atoms with Gasteiger partial charge in [-0.3, -0.25) is 0 Å². The maximum Gasteiger partial charge on any atom is 0.0512 e. The molecule has 0 saturated heterocycles. The first-order valence-corrected chi connectivity index (χ1v) is 5.01. The van der Waals surface area contributed by atoms with Gasteiger partial charge < -0.3 is 5.11 Å². The highest BCUT2D eigenvalue weighted by atomic mass is 16.3. The van der Waals surface area contributed by atoms with Crippen molar-refractivity contribution in [3.05, 3.63) is 35.9 Å². The molecule has 0 saturated carbocycles. The summed E-state index contributed by atoms with van der Waals surface area (Å²) in [5.74, 6) is 0. The average molecular weight is 178 g/mol. The molecule has 0 aromatic heterocycles. The third-order valence-corrected chi connectivity index (χ3v) is 2.18. The van der Waals surface area contributed by atoms with Crippen LogP contribution in [0.1, 0.15) is 31.7 Å². The molecule has 1 aromatic carbocycles. The van der Waals surface area contributed by atoms with Gasteiger partial charge in [0, 0.05) is 0 Å². The van der Waals surface area contributed by atoms with E-state index in [1.807, 2.05) is 13.0 Å². The zero-order chi connectivity index (χ0) is 9.52. The molecule has 0 aliphatic heterocycles. The third-order valence-electron chi connectivity index (χ3n) is 2.18. The fourth-order valence-electron chi connectivity index (χ4n) is 1.41. The molecule has 1 unspecified atom stereocenters. The molecule has 0 aliphatic carbocycles. The van der Waals surface area contributed by atoms with E-state index < -0.39 is 0 Å². The number of aliphatic hydroxyl groups is 1. The van der Waals surface area contributed by atoms with Gasteiger partial charge in [-0.2, -0.15) is 0 Å². The lowest BCUT2D eigenvalue weighted by molar-refractivity contribution is 0.180. The van der Waals surface area contributed by atoms with Crippen LogP contribution in [0.5, 0.6) is 0 Å². The van der Waals surface area contributed by atoms with Crippen molar-refractivity contribution in [2.24, 2.45) is 0 Å². The van der Waals surface area contributed by atoms with E-state index in [9.17, 15) is 0 Å². The van der Waals surface area contributed by atoms with Gasteiger partial charge in [0.1, 0.15) is 0 Å². The second-order valence-corrected chi connectivity index (χ2v) is 3.58. The zero-order valence-electron chi connectivity index (χ0n) is 8.24. The molecule has 0 fully saturated rings. The van der Waals surface area contributed by atoms with Crippen molar-refractivity contribution in [1.82, 2.24) is 0 Å². The Labute approximate surface area is 80.4 Å². The molecule has 1 aromatic rings. The molecule has 0 heterocycles. The van der Waals surface area contributed by atoms with Gasteiger partial charge in [-0.15, -0.1) is 0 Å². The summed E-state index contributed by atoms with van der Waals surface area (Å²) in [5.41, 5.74) is 1.40. The van der Waals surface area contributed by atoms with Gasteiger partial charge in [0.2, 0.25) is 0 Å². The lowest BCUT2D eigenvalue weighted by Gasteiger charge is -2.03. The summed E-state index contributed by atoms with van der Waals surface area (Å²) in [6.45, 7) is 1.85. The summed E-state index contributed by atoms with van der Waals surface area (Å²) in [4.78, 5) is 0. The predicted molar refractivity (Wildman–Crippen MR) is 55.7 cm³/mol. The quantitative estimate of drug-likeness (QED) is 0.687. The van der Waals surface area contributed by atoms with Gasteiger partial charge in [0.05, 0.1) is 6.10 Å². The molecule has 13 heavy (non-hydrogen) atoms. The lowest BCUT2D eigenvalue weighted by Crippen LogP contribution is -1.98. The molecular weight excluding hydrogens is 160 g/mol. The summed E-state index contributed by atoms with van der Waals surface area (Å²) >= 11 is 0. The van der Waals surface area contributed by atoms with E-state index >= 15 is 0 Å². The molecule has 1 rings (SSSR count). The Morgan fingerprint density at radius 2 is 1.85 bits per heavy atom. The van der Waals surface area contributed by atoms with Crippen molar-refractivity contribution in [2.75, 3.05) is 0 Å². The number of aryl methyl sites for hydroxylation is 1. The smallest absolute Gasteiger partial charge is 0.0512 e. The van der Waals surface area contributed by atoms with Crippen LogP contribution in [0.15, 0.2) is 30.3 Å². The summed E-state index contributed by atoms with van der Waals surface area (Å²) in [7, 11) is 0. The van der Waals surface area contributed by atoms with Gasteiger partial charge in [-0.05, 0) is 31.7 Å². The Hall–Kier alpha value is -0.820. The van der Waals surface area contributed by atoms with Gasteiger partial charge >= 0.3 is 0 Å². The van der Waals surface area contributed by atoms with Crippen LogP contribution < -0.4 is 0 Å². The molecule has 1 N–H and O–H groups in total. The van der Waals surface area contributed by atoms with Crippen LogP contribution >= 0.6 is 0 Å². The Balaban J connectivity index is 2.13. The van der Waals surface area contributed by atoms with Crippen LogP contribution in [0.4, 0.5) is 0 Å². The van der Waals surface area contributed by atoms with Crippen LogP contribution in [0.2, 0.25) is 0 Å². The minimum absolute atomic E-state index is 0.143. The SMILES string of the molecule is CC(O)CCCCc1ccccc1. The molecule has 1 nitrogen and oxygen atoms in total. The van der Waals surface area contributed by atoms with Crippen LogP contribution in [0.25, 0.3) is 0 Å². The number of hydrogen-bond donors (Lipinski definition) is 1. The highest BCUT2D eigenvalue weighted by molar-refractivity contribution is 5.14. The zero-order valence-corrected chi connectivity index (χ0v) is 8.24. The molecule has 1 heteroatoms. The number of unbranched alkanes of at least 4 members (excludes halogenated alkanes) is 1. The van der Waals surface area contributed by atoms with Crippen molar-refractivity contribution in [1.29, 1.82) is 0 Å². The van der Waals surface area contributed by atoms with E-state index in [2.05, 4.69) is 24.3 Å². The highest BCUT2D eigenvalue weighted by Crippen LogP contribution is 2.07. The number of rotatable bonds is 5. The molecular formula is C12H18O. The second-order valence-electron chi connectivity index (χ2n) is 3.58. The fraction of sp³-hybridized carbons (Fsp3) is 0.500. The summed E-state index contributed by atoms with van der Waals surface area (Å²) in [5, 5.41) is 9.05. The van der Waals surface area contributed by atoms with Crippen molar-refractivity contribution >= 4 is 0 Å². The maximum atomic E-state index is 9.05. The Bertz CT molecular complexity index is 216. The molecule has 0 bridgehead atoms. The number of hydrogen-bond acceptors (Lipinski definition) is 1. The van der Waals surface area contributed by atoms with E-state index in [-0.39, 0.29) is 6.10 Å². The first-order chi connectivity index (χ1) is 6.29. The topological polar surface area (TPSA) is 20.2 Å². The van der Waals surface area contributed by atoms with Crippen molar-refractivity contribution in [3.63, 3.8) is 0 Å². The number of aliphatic hydroxyl groups excluding tert-OH is 1. The van der Waals surface area contributed by atoms with Gasteiger partial charge in [-0.1, -0.05) is 36.8 Å². The third kappa shape index (κ3) is 4.69. The van der Waals surface area contributed by atoms with Crippen molar-refractivity contribution < 1.29 is 5.11 Å². The minimum atomic E-state index is -0.143. The lowest BCUT2D eigenvalue weighted by atomic mass is 10.1. The number of benzene rings is 1. The fourth-order valence-corrected chi connectivity index (χ4v) is 1.41. The molecule has 1 atom stereocenters. The Morgan fingerprint density at radius 1 is 1.15 bits per heavy atom. The molecule has 0 aliphatic rings. The first kappa shape index (κ1) is 10.3. The molecule has 0 spiro atoms. The highest BCUT2D eigenvalue weighted by Gasteiger charge is 1.96. The van der Waals surface area contributed by atoms with E-state index in [0.29, 0.717) is 0 Å². The normalized spacial score (nSPS) is 12.8. The second kappa shape index (κ2) is 5.76. The van der Waals surface area contributed by atoms with E-state index in [0.717, 1.165) is 19.3 Å². The Morgan fingerprint density at radius 3 is 2.46 bits per heavy atom. The van der Waals surface area contributed by atoms with Crippen LogP contribution in [0, 0.1) is 0 Å². The summed E-state index contributed by atoms with van der Waals surface area (Å²) < 4.78 is 0. The molecule has 0 amide bonds. The van der Waals surface area contributed by atoms with Crippen molar-refractivity contribution in [2.45, 2.75) is 38.7 Å². The summed E-state index contributed by atoms with van der Waals surface area (Å²) in [6.07, 6.45) is 4.21.